The number of phenolic OH excluding ortho intramolecular Hbond substituents is 2. The van der Waals surface area contributed by atoms with E-state index in [0.717, 1.165) is 0 Å². The summed E-state index contributed by atoms with van der Waals surface area (Å²) in [6, 6.07) is 10.6. The molecule has 0 radical (unpaired) electrons. The quantitative estimate of drug-likeness (QED) is 0.268. The second-order valence-corrected chi connectivity index (χ2v) is 5.85. The summed E-state index contributed by atoms with van der Waals surface area (Å²) in [6.45, 7) is 0. The van der Waals surface area contributed by atoms with Gasteiger partial charge in [-0.15, -0.1) is 0 Å². The van der Waals surface area contributed by atoms with Gasteiger partial charge in [0.2, 0.25) is 0 Å². The van der Waals surface area contributed by atoms with Gasteiger partial charge in [0.15, 0.2) is 5.78 Å². The van der Waals surface area contributed by atoms with E-state index in [9.17, 15) is 15.0 Å². The molecule has 0 aliphatic rings. The minimum absolute atomic E-state index is 0. The number of carbonyl (C=O) groups excluding carboxylic acids is 2. The topological polar surface area (TPSA) is 170 Å². The van der Waals surface area contributed by atoms with E-state index in [4.69, 9.17) is 29.0 Å². The van der Waals surface area contributed by atoms with E-state index < -0.39 is 19.1 Å². The SMILES string of the molecule is COc1ccc(C(=O)c2ccccc2O)c(O)c1.O=C([O-])P(=O)([O-])[O-].[Na+].[Na+].[Na+]. The average molecular weight is 436 g/mol. The number of benzene rings is 2. The molecule has 0 aromatic heterocycles. The van der Waals surface area contributed by atoms with Crippen LogP contribution in [0.4, 0.5) is 4.79 Å². The van der Waals surface area contributed by atoms with Crippen LogP contribution in [0.1, 0.15) is 15.9 Å². The monoisotopic (exact) mass is 436 g/mol. The van der Waals surface area contributed by atoms with Crippen LogP contribution in [0.5, 0.6) is 17.2 Å². The van der Waals surface area contributed by atoms with Crippen molar-refractivity contribution in [2.24, 2.45) is 0 Å². The summed E-state index contributed by atoms with van der Waals surface area (Å²) in [6.07, 6.45) is 0. The molecule has 0 fully saturated rings. The van der Waals surface area contributed by atoms with Crippen LogP contribution < -0.4 is 108 Å². The molecule has 28 heavy (non-hydrogen) atoms. The Morgan fingerprint density at radius 3 is 1.79 bits per heavy atom. The molecule has 0 atom stereocenters. The number of ether oxygens (including phenoxy) is 1. The molecule has 2 N–H and O–H groups in total. The fourth-order valence-electron chi connectivity index (χ4n) is 1.64. The smallest absolute Gasteiger partial charge is 0.807 e. The fraction of sp³-hybridized carbons (Fsp3) is 0.0667. The van der Waals surface area contributed by atoms with Gasteiger partial charge in [0.25, 0.3) is 0 Å². The zero-order valence-electron chi connectivity index (χ0n) is 15.7. The molecule has 2 aromatic carbocycles. The summed E-state index contributed by atoms with van der Waals surface area (Å²) in [7, 11) is -3.96. The first-order chi connectivity index (χ1) is 11.6. The Hall–Kier alpha value is 0.130. The van der Waals surface area contributed by atoms with E-state index in [1.165, 1.54) is 31.4 Å². The van der Waals surface area contributed by atoms with Gasteiger partial charge in [0.1, 0.15) is 17.2 Å². The van der Waals surface area contributed by atoms with Crippen LogP contribution >= 0.6 is 7.60 Å². The second kappa shape index (κ2) is 15.0. The molecule has 0 aliphatic heterocycles. The van der Waals surface area contributed by atoms with Crippen molar-refractivity contribution in [2.45, 2.75) is 0 Å². The number of ketones is 1. The number of carboxylic acid groups (broad SMARTS) is 1. The van der Waals surface area contributed by atoms with E-state index in [1.54, 1.807) is 18.2 Å². The van der Waals surface area contributed by atoms with Crippen LogP contribution in [0, 0.1) is 0 Å². The number of hydrogen-bond donors (Lipinski definition) is 2. The van der Waals surface area contributed by atoms with Gasteiger partial charge in [-0.1, -0.05) is 12.1 Å². The third-order valence-electron chi connectivity index (χ3n) is 2.82. The Morgan fingerprint density at radius 1 is 0.929 bits per heavy atom. The summed E-state index contributed by atoms with van der Waals surface area (Å²) < 4.78 is 14.1. The van der Waals surface area contributed by atoms with Crippen LogP contribution in [0.3, 0.4) is 0 Å². The molecule has 0 heterocycles. The van der Waals surface area contributed by atoms with Gasteiger partial charge in [0.05, 0.1) is 23.9 Å². The normalized spacial score (nSPS) is 9.25. The number of rotatable bonds is 4. The minimum atomic E-state index is -5.43. The molecule has 0 unspecified atom stereocenters. The number of para-hydroxylation sites is 1. The maximum atomic E-state index is 12.1. The first-order valence-electron chi connectivity index (χ1n) is 6.51. The molecule has 0 amide bonds. The third kappa shape index (κ3) is 10.2. The Balaban J connectivity index is -0.000000546. The Kier molecular flexibility index (Phi) is 17.6. The number of carbonyl (C=O) groups is 2. The summed E-state index contributed by atoms with van der Waals surface area (Å²) in [5.74, 6) is -0.269. The molecule has 13 heteroatoms. The van der Waals surface area contributed by atoms with Gasteiger partial charge in [-0.05, 0) is 31.9 Å². The van der Waals surface area contributed by atoms with Crippen molar-refractivity contribution in [2.75, 3.05) is 7.11 Å². The number of aromatic hydroxyl groups is 2. The molecular weight excluding hydrogens is 424 g/mol. The van der Waals surface area contributed by atoms with Crippen molar-refractivity contribution in [3.63, 3.8) is 0 Å². The predicted molar refractivity (Wildman–Crippen MR) is 79.2 cm³/mol. The Labute approximate surface area is 227 Å². The van der Waals surface area contributed by atoms with Crippen LogP contribution in [-0.4, -0.2) is 28.8 Å². The first kappa shape index (κ1) is 32.8. The molecule has 2 aromatic rings. The van der Waals surface area contributed by atoms with E-state index in [1.807, 2.05) is 0 Å². The van der Waals surface area contributed by atoms with Crippen molar-refractivity contribution in [1.82, 2.24) is 0 Å². The molecule has 0 bridgehead atoms. The van der Waals surface area contributed by atoms with E-state index in [-0.39, 0.29) is 111 Å². The summed E-state index contributed by atoms with van der Waals surface area (Å²) >= 11 is 0. The van der Waals surface area contributed by atoms with Crippen molar-refractivity contribution < 1.29 is 133 Å². The average Bonchev–Trinajstić information content (AvgIpc) is 2.54. The van der Waals surface area contributed by atoms with Crippen LogP contribution in [0.2, 0.25) is 0 Å². The van der Waals surface area contributed by atoms with Crippen LogP contribution in [0.15, 0.2) is 42.5 Å². The summed E-state index contributed by atoms with van der Waals surface area (Å²) in [5, 5.41) is 28.4. The molecule has 0 aliphatic carbocycles. The second-order valence-electron chi connectivity index (χ2n) is 4.49. The predicted octanol–water partition coefficient (Wildman–Crippen LogP) is -9.41. The molecule has 0 saturated heterocycles. The summed E-state index contributed by atoms with van der Waals surface area (Å²) in [5.41, 5.74) is -2.29. The summed E-state index contributed by atoms with van der Waals surface area (Å²) in [4.78, 5) is 39.4. The Morgan fingerprint density at radius 2 is 1.39 bits per heavy atom. The van der Waals surface area contributed by atoms with Gasteiger partial charge in [-0.2, -0.15) is 0 Å². The van der Waals surface area contributed by atoms with Crippen LogP contribution in [0.25, 0.3) is 0 Å². The standard InChI is InChI=1S/C14H12O4.CH3O5P.3Na/c1-18-9-6-7-11(13(16)8-9)14(17)10-4-2-3-5-12(10)15;2-1(3)7(4,5)6;;;/h2-8,15-16H,1H3;(H,2,3)(H2,4,5,6);;;/q;;3*+1/p-3. The molecule has 9 nitrogen and oxygen atoms in total. The van der Waals surface area contributed by atoms with E-state index in [0.29, 0.717) is 5.75 Å². The van der Waals surface area contributed by atoms with Gasteiger partial charge >= 0.3 is 88.7 Å². The van der Waals surface area contributed by atoms with Crippen molar-refractivity contribution in [3.8, 4) is 17.2 Å². The molecule has 2 rings (SSSR count). The zero-order chi connectivity index (χ0) is 19.2. The van der Waals surface area contributed by atoms with Crippen LogP contribution in [-0.2, 0) is 4.57 Å². The molecule has 134 valence electrons. The van der Waals surface area contributed by atoms with E-state index >= 15 is 0 Å². The van der Waals surface area contributed by atoms with E-state index in [2.05, 4.69) is 0 Å². The number of phenols is 2. The Bertz CT molecular complexity index is 839. The van der Waals surface area contributed by atoms with Gasteiger partial charge in [-0.25, -0.2) is 0 Å². The minimum Gasteiger partial charge on any atom is -0.807 e. The van der Waals surface area contributed by atoms with Crippen molar-refractivity contribution >= 4 is 19.1 Å². The largest absolute Gasteiger partial charge is 1.00 e. The zero-order valence-corrected chi connectivity index (χ0v) is 22.6. The van der Waals surface area contributed by atoms with Crippen molar-refractivity contribution in [1.29, 1.82) is 0 Å². The third-order valence-corrected chi connectivity index (χ3v) is 3.27. The van der Waals surface area contributed by atoms with Gasteiger partial charge in [-0.3, -0.25) is 4.79 Å². The van der Waals surface area contributed by atoms with Crippen molar-refractivity contribution in [3.05, 3.63) is 53.6 Å². The fourth-order valence-corrected chi connectivity index (χ4v) is 1.64. The maximum Gasteiger partial charge on any atom is 1.00 e. The maximum absolute atomic E-state index is 12.1. The molecule has 0 saturated carbocycles. The number of hydrogen-bond acceptors (Lipinski definition) is 9. The van der Waals surface area contributed by atoms with Gasteiger partial charge in [0, 0.05) is 6.07 Å². The molecule has 0 spiro atoms. The number of methoxy groups -OCH3 is 1. The molecular formula is C15H12Na3O9P. The first-order valence-corrected chi connectivity index (χ1v) is 8.05. The van der Waals surface area contributed by atoms with Gasteiger partial charge < -0.3 is 39.2 Å².